The fourth-order valence-corrected chi connectivity index (χ4v) is 3.69. The molecular weight excluding hydrogens is 346 g/mol. The molecule has 3 amide bonds. The third kappa shape index (κ3) is 4.23. The number of nitrogens with zero attached hydrogens (tertiary/aromatic N) is 3. The summed E-state index contributed by atoms with van der Waals surface area (Å²) in [5, 5.41) is 0. The van der Waals surface area contributed by atoms with E-state index in [4.69, 9.17) is 4.74 Å². The van der Waals surface area contributed by atoms with E-state index in [1.54, 1.807) is 23.9 Å². The summed E-state index contributed by atoms with van der Waals surface area (Å²) in [6.45, 7) is 2.82. The molecule has 4 rings (SSSR count). The van der Waals surface area contributed by atoms with E-state index in [1.807, 2.05) is 31.2 Å². The van der Waals surface area contributed by atoms with Crippen LogP contribution < -0.4 is 4.74 Å². The molecule has 0 unspecified atom stereocenters. The Morgan fingerprint density at radius 1 is 1.19 bits per heavy atom. The molecule has 0 N–H and O–H groups in total. The second-order valence-electron chi connectivity index (χ2n) is 7.54. The smallest absolute Gasteiger partial charge is 0.260 e. The standard InChI is InChI=1S/C20H27N3O4/c1-14-6-4-5-7-17(14)27-13-19(25)22-10-15-8-9-16(11-22)23(20(15)26)12-18(24)21(2)3/h4-7,15-16H,8-13H2,1-3H3/t15-,16+/m1/s1. The Morgan fingerprint density at radius 3 is 2.63 bits per heavy atom. The van der Waals surface area contributed by atoms with Crippen LogP contribution in [0.4, 0.5) is 0 Å². The van der Waals surface area contributed by atoms with Crippen molar-refractivity contribution >= 4 is 17.7 Å². The number of fused-ring (bicyclic) bond motifs is 4. The molecule has 146 valence electrons. The van der Waals surface area contributed by atoms with E-state index in [9.17, 15) is 14.4 Å². The lowest BCUT2D eigenvalue weighted by Gasteiger charge is -2.35. The average Bonchev–Trinajstić information content (AvgIpc) is 2.93. The lowest BCUT2D eigenvalue weighted by atomic mass is 9.94. The Hall–Kier alpha value is -2.57. The second kappa shape index (κ2) is 7.98. The third-order valence-corrected chi connectivity index (χ3v) is 5.40. The predicted molar refractivity (Wildman–Crippen MR) is 100 cm³/mol. The van der Waals surface area contributed by atoms with Gasteiger partial charge in [-0.05, 0) is 31.4 Å². The first-order valence-corrected chi connectivity index (χ1v) is 9.33. The number of benzene rings is 1. The van der Waals surface area contributed by atoms with E-state index in [0.29, 0.717) is 18.8 Å². The highest BCUT2D eigenvalue weighted by Crippen LogP contribution is 2.29. The van der Waals surface area contributed by atoms with Crippen LogP contribution in [0.2, 0.25) is 0 Å². The van der Waals surface area contributed by atoms with Gasteiger partial charge in [0.1, 0.15) is 12.3 Å². The molecule has 27 heavy (non-hydrogen) atoms. The Kier molecular flexibility index (Phi) is 5.68. The number of ether oxygens (including phenoxy) is 1. The first-order valence-electron chi connectivity index (χ1n) is 9.33. The van der Waals surface area contributed by atoms with Gasteiger partial charge in [0.05, 0.1) is 5.92 Å². The minimum atomic E-state index is -0.235. The highest BCUT2D eigenvalue weighted by molar-refractivity contribution is 5.88. The quantitative estimate of drug-likeness (QED) is 0.769. The summed E-state index contributed by atoms with van der Waals surface area (Å²) in [6.07, 6.45) is 1.58. The van der Waals surface area contributed by atoms with Crippen LogP contribution in [0.25, 0.3) is 0 Å². The first kappa shape index (κ1) is 19.2. The Morgan fingerprint density at radius 2 is 1.93 bits per heavy atom. The molecule has 2 bridgehead atoms. The van der Waals surface area contributed by atoms with Gasteiger partial charge in [-0.2, -0.15) is 0 Å². The molecule has 7 nitrogen and oxygen atoms in total. The molecule has 1 aromatic rings. The summed E-state index contributed by atoms with van der Waals surface area (Å²) in [5.74, 6) is 0.219. The molecule has 3 aliphatic rings. The molecule has 0 radical (unpaired) electrons. The molecular formula is C20H27N3O4. The van der Waals surface area contributed by atoms with Crippen LogP contribution >= 0.6 is 0 Å². The van der Waals surface area contributed by atoms with Crippen LogP contribution in [-0.4, -0.2) is 78.8 Å². The van der Waals surface area contributed by atoms with E-state index in [0.717, 1.165) is 18.4 Å². The van der Waals surface area contributed by atoms with E-state index in [2.05, 4.69) is 0 Å². The van der Waals surface area contributed by atoms with E-state index < -0.39 is 0 Å². The van der Waals surface area contributed by atoms with Crippen molar-refractivity contribution in [2.24, 2.45) is 5.92 Å². The molecule has 0 aromatic heterocycles. The van der Waals surface area contributed by atoms with Gasteiger partial charge < -0.3 is 19.4 Å². The number of para-hydroxylation sites is 1. The van der Waals surface area contributed by atoms with Crippen LogP contribution in [0, 0.1) is 12.8 Å². The molecule has 3 fully saturated rings. The number of carbonyl (C=O) groups is 3. The third-order valence-electron chi connectivity index (χ3n) is 5.40. The van der Waals surface area contributed by atoms with Gasteiger partial charge in [0, 0.05) is 33.2 Å². The maximum absolute atomic E-state index is 12.7. The Bertz CT molecular complexity index is 734. The topological polar surface area (TPSA) is 70.2 Å². The van der Waals surface area contributed by atoms with Crippen molar-refractivity contribution in [3.05, 3.63) is 29.8 Å². The number of piperidine rings is 1. The van der Waals surface area contributed by atoms with Crippen molar-refractivity contribution in [3.8, 4) is 5.75 Å². The van der Waals surface area contributed by atoms with Crippen molar-refractivity contribution in [3.63, 3.8) is 0 Å². The summed E-state index contributed by atoms with van der Waals surface area (Å²) in [7, 11) is 3.36. The first-order chi connectivity index (χ1) is 12.9. The van der Waals surface area contributed by atoms with Gasteiger partial charge in [-0.15, -0.1) is 0 Å². The van der Waals surface area contributed by atoms with Crippen molar-refractivity contribution in [1.82, 2.24) is 14.7 Å². The van der Waals surface area contributed by atoms with Crippen molar-refractivity contribution in [1.29, 1.82) is 0 Å². The minimum absolute atomic E-state index is 0.0171. The van der Waals surface area contributed by atoms with E-state index in [1.165, 1.54) is 4.90 Å². The lowest BCUT2D eigenvalue weighted by Crippen LogP contribution is -2.51. The summed E-state index contributed by atoms with van der Waals surface area (Å²) >= 11 is 0. The number of likely N-dealkylation sites (N-methyl/N-ethyl adjacent to an activating group) is 1. The van der Waals surface area contributed by atoms with Crippen molar-refractivity contribution in [2.45, 2.75) is 25.8 Å². The molecule has 0 saturated carbocycles. The van der Waals surface area contributed by atoms with Crippen LogP contribution in [0.5, 0.6) is 5.75 Å². The fraction of sp³-hybridized carbons (Fsp3) is 0.550. The summed E-state index contributed by atoms with van der Waals surface area (Å²) in [4.78, 5) is 42.4. The molecule has 3 saturated heterocycles. The van der Waals surface area contributed by atoms with E-state index in [-0.39, 0.29) is 42.8 Å². The van der Waals surface area contributed by atoms with Gasteiger partial charge in [0.25, 0.3) is 5.91 Å². The molecule has 3 heterocycles. The molecule has 0 aliphatic carbocycles. The van der Waals surface area contributed by atoms with Crippen molar-refractivity contribution < 1.29 is 19.1 Å². The van der Waals surface area contributed by atoms with E-state index >= 15 is 0 Å². The Labute approximate surface area is 159 Å². The van der Waals surface area contributed by atoms with Gasteiger partial charge in [0.2, 0.25) is 11.8 Å². The average molecular weight is 373 g/mol. The number of aryl methyl sites for hydroxylation is 1. The fourth-order valence-electron chi connectivity index (χ4n) is 3.69. The van der Waals surface area contributed by atoms with Gasteiger partial charge in [-0.25, -0.2) is 0 Å². The largest absolute Gasteiger partial charge is 0.484 e. The highest BCUT2D eigenvalue weighted by Gasteiger charge is 2.42. The highest BCUT2D eigenvalue weighted by atomic mass is 16.5. The summed E-state index contributed by atoms with van der Waals surface area (Å²) in [6, 6.07) is 7.46. The zero-order valence-corrected chi connectivity index (χ0v) is 16.2. The molecule has 3 aliphatic heterocycles. The lowest BCUT2D eigenvalue weighted by molar-refractivity contribution is -0.145. The molecule has 2 atom stereocenters. The maximum Gasteiger partial charge on any atom is 0.260 e. The molecule has 1 aromatic carbocycles. The summed E-state index contributed by atoms with van der Waals surface area (Å²) < 4.78 is 5.68. The van der Waals surface area contributed by atoms with Crippen LogP contribution in [-0.2, 0) is 14.4 Å². The molecule has 0 spiro atoms. The van der Waals surface area contributed by atoms with Gasteiger partial charge >= 0.3 is 0 Å². The Balaban J connectivity index is 1.65. The number of rotatable bonds is 5. The second-order valence-corrected chi connectivity index (χ2v) is 7.54. The number of carbonyl (C=O) groups excluding carboxylic acids is 3. The molecule has 7 heteroatoms. The normalized spacial score (nSPS) is 21.8. The number of hydrogen-bond acceptors (Lipinski definition) is 4. The maximum atomic E-state index is 12.7. The van der Waals surface area contributed by atoms with Crippen LogP contribution in [0.1, 0.15) is 18.4 Å². The van der Waals surface area contributed by atoms with Crippen LogP contribution in [0.15, 0.2) is 24.3 Å². The van der Waals surface area contributed by atoms with Crippen molar-refractivity contribution in [2.75, 3.05) is 40.3 Å². The zero-order valence-electron chi connectivity index (χ0n) is 16.2. The minimum Gasteiger partial charge on any atom is -0.484 e. The predicted octanol–water partition coefficient (Wildman–Crippen LogP) is 0.911. The van der Waals surface area contributed by atoms with Gasteiger partial charge in [-0.3, -0.25) is 14.4 Å². The number of hydrogen-bond donors (Lipinski definition) is 0. The number of amides is 3. The summed E-state index contributed by atoms with van der Waals surface area (Å²) in [5.41, 5.74) is 0.977. The van der Waals surface area contributed by atoms with Crippen LogP contribution in [0.3, 0.4) is 0 Å². The SMILES string of the molecule is Cc1ccccc1OCC(=O)N1C[C@H]2CC[C@@H](C1)N(CC(=O)N(C)C)C2=O. The monoisotopic (exact) mass is 373 g/mol. The van der Waals surface area contributed by atoms with Gasteiger partial charge in [0.15, 0.2) is 6.61 Å². The van der Waals surface area contributed by atoms with Gasteiger partial charge in [-0.1, -0.05) is 18.2 Å². The zero-order chi connectivity index (χ0) is 19.6.